The zero-order valence-corrected chi connectivity index (χ0v) is 14.6. The molecule has 4 rings (SSSR count). The van der Waals surface area contributed by atoms with Gasteiger partial charge in [0.05, 0.1) is 11.5 Å². The van der Waals surface area contributed by atoms with Crippen molar-refractivity contribution in [2.45, 2.75) is 39.0 Å². The van der Waals surface area contributed by atoms with Crippen molar-refractivity contribution in [1.82, 2.24) is 0 Å². The maximum atomic E-state index is 12.4. The van der Waals surface area contributed by atoms with Crippen LogP contribution in [-0.4, -0.2) is 11.8 Å². The lowest BCUT2D eigenvalue weighted by Gasteiger charge is -2.19. The van der Waals surface area contributed by atoms with Gasteiger partial charge < -0.3 is 13.9 Å². The second-order valence-electron chi connectivity index (χ2n) is 6.80. The van der Waals surface area contributed by atoms with Gasteiger partial charge in [0.2, 0.25) is 5.78 Å². The van der Waals surface area contributed by atoms with Gasteiger partial charge in [-0.25, -0.2) is 0 Å². The van der Waals surface area contributed by atoms with Crippen LogP contribution in [0.1, 0.15) is 54.0 Å². The minimum absolute atomic E-state index is 0.0304. The van der Waals surface area contributed by atoms with E-state index in [0.29, 0.717) is 22.8 Å². The Hall–Kier alpha value is -2.82. The molecule has 26 heavy (non-hydrogen) atoms. The number of Topliss-reactive ketones (excluding diaryl/α,β-unsaturated/α-hetero) is 1. The lowest BCUT2D eigenvalue weighted by Crippen LogP contribution is -2.22. The number of ether oxygens (including phenoxy) is 2. The van der Waals surface area contributed by atoms with Crippen LogP contribution >= 0.6 is 0 Å². The second kappa shape index (κ2) is 6.83. The van der Waals surface area contributed by atoms with Crippen molar-refractivity contribution in [2.75, 3.05) is 0 Å². The van der Waals surface area contributed by atoms with Gasteiger partial charge in [-0.3, -0.25) is 9.59 Å². The van der Waals surface area contributed by atoms with Crippen LogP contribution in [0.5, 0.6) is 11.5 Å². The van der Waals surface area contributed by atoms with Crippen LogP contribution in [0, 0.1) is 12.8 Å². The molecule has 0 spiro atoms. The molecule has 5 nitrogen and oxygen atoms in total. The number of hydrogen-bond donors (Lipinski definition) is 0. The van der Waals surface area contributed by atoms with E-state index in [1.54, 1.807) is 30.3 Å². The molecule has 2 aromatic rings. The summed E-state index contributed by atoms with van der Waals surface area (Å²) in [7, 11) is 0. The van der Waals surface area contributed by atoms with Crippen molar-refractivity contribution in [3.63, 3.8) is 0 Å². The molecular formula is C21H20O5. The highest BCUT2D eigenvalue weighted by Crippen LogP contribution is 2.35. The number of aryl methyl sites for hydroxylation is 1. The summed E-state index contributed by atoms with van der Waals surface area (Å²) in [5, 5.41) is 0. The molecule has 0 unspecified atom stereocenters. The van der Waals surface area contributed by atoms with E-state index in [9.17, 15) is 9.59 Å². The monoisotopic (exact) mass is 352 g/mol. The number of carbonyl (C=O) groups excluding carboxylic acids is 2. The largest absolute Gasteiger partial charge is 0.462 e. The molecule has 1 saturated carbocycles. The second-order valence-corrected chi connectivity index (χ2v) is 6.80. The Labute approximate surface area is 151 Å². The molecule has 1 fully saturated rings. The van der Waals surface area contributed by atoms with Gasteiger partial charge in [0, 0.05) is 12.1 Å². The third-order valence-electron chi connectivity index (χ3n) is 4.83. The predicted octanol–water partition coefficient (Wildman–Crippen LogP) is 4.69. The summed E-state index contributed by atoms with van der Waals surface area (Å²) in [5.41, 5.74) is 0.456. The Morgan fingerprint density at radius 3 is 2.69 bits per heavy atom. The fraction of sp³-hybridized carbons (Fsp3) is 0.333. The third-order valence-corrected chi connectivity index (χ3v) is 4.83. The van der Waals surface area contributed by atoms with E-state index in [1.165, 1.54) is 6.42 Å². The topological polar surface area (TPSA) is 65.7 Å². The maximum absolute atomic E-state index is 12.4. The van der Waals surface area contributed by atoms with Gasteiger partial charge in [0.15, 0.2) is 5.76 Å². The Bertz CT molecular complexity index is 884. The zero-order chi connectivity index (χ0) is 18.1. The van der Waals surface area contributed by atoms with Gasteiger partial charge >= 0.3 is 5.97 Å². The van der Waals surface area contributed by atoms with Crippen LogP contribution in [0.3, 0.4) is 0 Å². The fourth-order valence-electron chi connectivity index (χ4n) is 3.43. The summed E-state index contributed by atoms with van der Waals surface area (Å²) < 4.78 is 16.6. The number of esters is 1. The van der Waals surface area contributed by atoms with Crippen LogP contribution in [0.2, 0.25) is 0 Å². The van der Waals surface area contributed by atoms with Gasteiger partial charge in [-0.15, -0.1) is 0 Å². The average molecular weight is 352 g/mol. The quantitative estimate of drug-likeness (QED) is 0.455. The zero-order valence-electron chi connectivity index (χ0n) is 14.6. The van der Waals surface area contributed by atoms with Crippen molar-refractivity contribution in [2.24, 2.45) is 5.92 Å². The number of rotatable bonds is 3. The molecule has 2 aliphatic rings. The average Bonchev–Trinajstić information content (AvgIpc) is 3.19. The molecule has 0 bridgehead atoms. The van der Waals surface area contributed by atoms with Crippen molar-refractivity contribution < 1.29 is 23.5 Å². The standard InChI is InChI=1S/C21H20O5/c1-13-7-8-15(24-13)12-19-20(22)17-10-9-16(11-18(17)26-19)25-21(23)14-5-3-2-4-6-14/h7-12,14H,2-6H2,1H3/b19-12-. The summed E-state index contributed by atoms with van der Waals surface area (Å²) in [6.07, 6.45) is 6.66. The van der Waals surface area contributed by atoms with E-state index in [2.05, 4.69) is 0 Å². The SMILES string of the molecule is Cc1ccc(/C=C2\Oc3cc(OC(=O)C4CCCCC4)ccc3C2=O)o1. The van der Waals surface area contributed by atoms with Gasteiger partial charge in [0.1, 0.15) is 23.0 Å². The highest BCUT2D eigenvalue weighted by molar-refractivity contribution is 6.14. The minimum atomic E-state index is -0.209. The van der Waals surface area contributed by atoms with Crippen LogP contribution < -0.4 is 9.47 Å². The number of ketones is 1. The molecule has 1 aliphatic heterocycles. The van der Waals surface area contributed by atoms with E-state index in [4.69, 9.17) is 13.9 Å². The maximum Gasteiger partial charge on any atom is 0.314 e. The van der Waals surface area contributed by atoms with Gasteiger partial charge in [-0.1, -0.05) is 19.3 Å². The molecule has 134 valence electrons. The van der Waals surface area contributed by atoms with Crippen molar-refractivity contribution in [1.29, 1.82) is 0 Å². The van der Waals surface area contributed by atoms with Gasteiger partial charge in [-0.05, 0) is 44.0 Å². The van der Waals surface area contributed by atoms with Crippen LogP contribution in [0.15, 0.2) is 40.5 Å². The van der Waals surface area contributed by atoms with E-state index < -0.39 is 0 Å². The summed E-state index contributed by atoms with van der Waals surface area (Å²) in [6, 6.07) is 8.47. The Morgan fingerprint density at radius 2 is 1.96 bits per heavy atom. The molecule has 2 heterocycles. The molecule has 1 aliphatic carbocycles. The van der Waals surface area contributed by atoms with E-state index in [0.717, 1.165) is 31.4 Å². The number of carbonyl (C=O) groups is 2. The van der Waals surface area contributed by atoms with Crippen molar-refractivity contribution in [3.8, 4) is 11.5 Å². The van der Waals surface area contributed by atoms with E-state index in [1.807, 2.05) is 13.0 Å². The Kier molecular flexibility index (Phi) is 4.37. The van der Waals surface area contributed by atoms with Crippen LogP contribution in [0.25, 0.3) is 6.08 Å². The first-order chi connectivity index (χ1) is 12.6. The summed E-state index contributed by atoms with van der Waals surface area (Å²) in [6.45, 7) is 1.83. The molecule has 1 aromatic carbocycles. The van der Waals surface area contributed by atoms with E-state index >= 15 is 0 Å². The van der Waals surface area contributed by atoms with Gasteiger partial charge in [-0.2, -0.15) is 0 Å². The molecule has 0 amide bonds. The molecule has 1 aromatic heterocycles. The number of hydrogen-bond acceptors (Lipinski definition) is 5. The predicted molar refractivity (Wildman–Crippen MR) is 95.0 cm³/mol. The molecule has 0 radical (unpaired) electrons. The Morgan fingerprint density at radius 1 is 1.15 bits per heavy atom. The number of fused-ring (bicyclic) bond motifs is 1. The van der Waals surface area contributed by atoms with E-state index in [-0.39, 0.29) is 23.4 Å². The lowest BCUT2D eigenvalue weighted by molar-refractivity contribution is -0.139. The fourth-order valence-corrected chi connectivity index (χ4v) is 3.43. The summed E-state index contributed by atoms with van der Waals surface area (Å²) >= 11 is 0. The lowest BCUT2D eigenvalue weighted by atomic mass is 9.89. The highest BCUT2D eigenvalue weighted by atomic mass is 16.5. The first-order valence-electron chi connectivity index (χ1n) is 8.96. The molecule has 0 atom stereocenters. The minimum Gasteiger partial charge on any atom is -0.462 e. The van der Waals surface area contributed by atoms with Crippen molar-refractivity contribution in [3.05, 3.63) is 53.2 Å². The molecule has 0 N–H and O–H groups in total. The molecular weight excluding hydrogens is 332 g/mol. The van der Waals surface area contributed by atoms with Gasteiger partial charge in [0.25, 0.3) is 0 Å². The number of benzene rings is 1. The molecule has 5 heteroatoms. The number of furan rings is 1. The normalized spacial score (nSPS) is 18.7. The van der Waals surface area contributed by atoms with Crippen LogP contribution in [-0.2, 0) is 4.79 Å². The van der Waals surface area contributed by atoms with Crippen molar-refractivity contribution >= 4 is 17.8 Å². The third kappa shape index (κ3) is 3.29. The van der Waals surface area contributed by atoms with Crippen LogP contribution in [0.4, 0.5) is 0 Å². The smallest absolute Gasteiger partial charge is 0.314 e. The molecule has 0 saturated heterocycles. The number of allylic oxidation sites excluding steroid dienone is 1. The Balaban J connectivity index is 1.50. The first kappa shape index (κ1) is 16.6. The summed E-state index contributed by atoms with van der Waals surface area (Å²) in [4.78, 5) is 24.7. The first-order valence-corrected chi connectivity index (χ1v) is 8.96. The summed E-state index contributed by atoms with van der Waals surface area (Å²) in [5.74, 6) is 1.89. The highest BCUT2D eigenvalue weighted by Gasteiger charge is 2.29.